The second-order valence-electron chi connectivity index (χ2n) is 8.61. The maximum Gasteiger partial charge on any atom is 0.244 e. The monoisotopic (exact) mass is 527 g/mol. The third-order valence-corrected chi connectivity index (χ3v) is 7.02. The average molecular weight is 529 g/mol. The Hall–Kier alpha value is -2.29. The molecule has 0 radical (unpaired) electrons. The van der Waals surface area contributed by atoms with Crippen molar-refractivity contribution in [2.24, 2.45) is 0 Å². The summed E-state index contributed by atoms with van der Waals surface area (Å²) in [5, 5.41) is 3.59. The molecule has 0 heterocycles. The lowest BCUT2D eigenvalue weighted by Gasteiger charge is -2.32. The molecule has 0 aliphatic rings. The average Bonchev–Trinajstić information content (AvgIpc) is 2.70. The molecule has 2 aromatic carbocycles. The summed E-state index contributed by atoms with van der Waals surface area (Å²) in [6.45, 7) is 8.35. The van der Waals surface area contributed by atoms with Crippen molar-refractivity contribution in [2.45, 2.75) is 53.2 Å². The minimum Gasteiger partial charge on any atom is -0.352 e. The molecule has 1 atom stereocenters. The fraction of sp³-hybridized carbons (Fsp3) is 0.417. The molecule has 0 aromatic heterocycles. The minimum atomic E-state index is -3.80. The lowest BCUT2D eigenvalue weighted by molar-refractivity contribution is -0.139. The van der Waals surface area contributed by atoms with Crippen LogP contribution in [0.25, 0.3) is 0 Å². The first-order chi connectivity index (χ1) is 15.7. The van der Waals surface area contributed by atoms with Gasteiger partial charge in [-0.15, -0.1) is 0 Å². The molecule has 2 aromatic rings. The first kappa shape index (κ1) is 28.0. The van der Waals surface area contributed by atoms with Crippen LogP contribution < -0.4 is 9.62 Å². The SMILES string of the molecule is Cc1cccc(C)c1N(CC(=O)N(Cc1ccc(Cl)cc1Cl)[C@@H](C)C(=O)NC(C)C)S(C)(=O)=O. The van der Waals surface area contributed by atoms with Crippen LogP contribution in [0.1, 0.15) is 37.5 Å². The van der Waals surface area contributed by atoms with Crippen LogP contribution in [-0.2, 0) is 26.2 Å². The van der Waals surface area contributed by atoms with E-state index in [1.54, 1.807) is 51.1 Å². The van der Waals surface area contributed by atoms with Gasteiger partial charge in [-0.2, -0.15) is 0 Å². The van der Waals surface area contributed by atoms with E-state index >= 15 is 0 Å². The van der Waals surface area contributed by atoms with Gasteiger partial charge in [0, 0.05) is 22.6 Å². The Morgan fingerprint density at radius 3 is 2.12 bits per heavy atom. The molecule has 0 bridgehead atoms. The van der Waals surface area contributed by atoms with E-state index in [9.17, 15) is 18.0 Å². The van der Waals surface area contributed by atoms with Gasteiger partial charge in [-0.25, -0.2) is 8.42 Å². The number of nitrogens with zero attached hydrogens (tertiary/aromatic N) is 2. The molecule has 34 heavy (non-hydrogen) atoms. The van der Waals surface area contributed by atoms with Gasteiger partial charge in [0.2, 0.25) is 21.8 Å². The number of anilines is 1. The molecule has 0 saturated carbocycles. The van der Waals surface area contributed by atoms with Crippen molar-refractivity contribution >= 4 is 50.7 Å². The Morgan fingerprint density at radius 2 is 1.62 bits per heavy atom. The van der Waals surface area contributed by atoms with Crippen LogP contribution in [0.3, 0.4) is 0 Å². The zero-order valence-electron chi connectivity index (χ0n) is 20.2. The van der Waals surface area contributed by atoms with Gasteiger partial charge in [0.25, 0.3) is 0 Å². The third kappa shape index (κ3) is 7.10. The first-order valence-electron chi connectivity index (χ1n) is 10.8. The number of rotatable bonds is 9. The number of aryl methyl sites for hydroxylation is 2. The van der Waals surface area contributed by atoms with E-state index in [0.29, 0.717) is 21.3 Å². The zero-order valence-corrected chi connectivity index (χ0v) is 22.6. The maximum atomic E-state index is 13.6. The largest absolute Gasteiger partial charge is 0.352 e. The number of sulfonamides is 1. The highest BCUT2D eigenvalue weighted by atomic mass is 35.5. The van der Waals surface area contributed by atoms with Crippen LogP contribution in [0.4, 0.5) is 5.69 Å². The number of carbonyl (C=O) groups excluding carboxylic acids is 2. The summed E-state index contributed by atoms with van der Waals surface area (Å²) < 4.78 is 26.6. The number of para-hydroxylation sites is 1. The van der Waals surface area contributed by atoms with Crippen molar-refractivity contribution in [3.05, 3.63) is 63.1 Å². The number of halogens is 2. The molecule has 2 amide bonds. The van der Waals surface area contributed by atoms with Crippen molar-refractivity contribution in [2.75, 3.05) is 17.1 Å². The second-order valence-corrected chi connectivity index (χ2v) is 11.4. The van der Waals surface area contributed by atoms with Crippen molar-refractivity contribution in [1.82, 2.24) is 10.2 Å². The van der Waals surface area contributed by atoms with Crippen molar-refractivity contribution in [3.8, 4) is 0 Å². The number of carbonyl (C=O) groups is 2. The van der Waals surface area contributed by atoms with Gasteiger partial charge in [-0.1, -0.05) is 47.5 Å². The van der Waals surface area contributed by atoms with Crippen LogP contribution >= 0.6 is 23.2 Å². The summed E-state index contributed by atoms with van der Waals surface area (Å²) in [4.78, 5) is 27.7. The van der Waals surface area contributed by atoms with Crippen LogP contribution in [0.2, 0.25) is 10.0 Å². The van der Waals surface area contributed by atoms with Gasteiger partial charge in [-0.05, 0) is 63.4 Å². The highest BCUT2D eigenvalue weighted by Crippen LogP contribution is 2.28. The van der Waals surface area contributed by atoms with Gasteiger partial charge in [0.15, 0.2) is 0 Å². The van der Waals surface area contributed by atoms with Crippen molar-refractivity contribution in [3.63, 3.8) is 0 Å². The van der Waals surface area contributed by atoms with Crippen molar-refractivity contribution in [1.29, 1.82) is 0 Å². The lowest BCUT2D eigenvalue weighted by atomic mass is 10.1. The second kappa shape index (κ2) is 11.4. The normalized spacial score (nSPS) is 12.4. The lowest BCUT2D eigenvalue weighted by Crippen LogP contribution is -2.52. The summed E-state index contributed by atoms with van der Waals surface area (Å²) in [6.07, 6.45) is 1.06. The summed E-state index contributed by atoms with van der Waals surface area (Å²) in [5.74, 6) is -0.892. The molecule has 10 heteroatoms. The molecule has 7 nitrogen and oxygen atoms in total. The molecular weight excluding hydrogens is 497 g/mol. The smallest absolute Gasteiger partial charge is 0.244 e. The van der Waals surface area contributed by atoms with Gasteiger partial charge in [0.05, 0.1) is 11.9 Å². The van der Waals surface area contributed by atoms with E-state index in [4.69, 9.17) is 23.2 Å². The molecule has 1 N–H and O–H groups in total. The van der Waals surface area contributed by atoms with Crippen LogP contribution in [0.5, 0.6) is 0 Å². The number of hydrogen-bond donors (Lipinski definition) is 1. The minimum absolute atomic E-state index is 0.00583. The Balaban J connectivity index is 2.49. The van der Waals surface area contributed by atoms with E-state index in [2.05, 4.69) is 5.32 Å². The number of amides is 2. The highest BCUT2D eigenvalue weighted by molar-refractivity contribution is 7.92. The highest BCUT2D eigenvalue weighted by Gasteiger charge is 2.31. The molecule has 186 valence electrons. The van der Waals surface area contributed by atoms with Gasteiger partial charge < -0.3 is 10.2 Å². The predicted octanol–water partition coefficient (Wildman–Crippen LogP) is 4.32. The molecular formula is C24H31Cl2N3O4S. The Morgan fingerprint density at radius 1 is 1.03 bits per heavy atom. The number of hydrogen-bond acceptors (Lipinski definition) is 4. The Labute approximate surface area is 212 Å². The van der Waals surface area contributed by atoms with Crippen molar-refractivity contribution < 1.29 is 18.0 Å². The standard InChI is InChI=1S/C24H31Cl2N3O4S/c1-15(2)27-24(31)18(5)28(13-19-10-11-20(25)12-21(19)26)22(30)14-29(34(6,32)33)23-16(3)8-7-9-17(23)4/h7-12,15,18H,13-14H2,1-6H3,(H,27,31)/t18-/m0/s1. The fourth-order valence-corrected chi connectivity index (χ4v) is 5.03. The van der Waals surface area contributed by atoms with E-state index < -0.39 is 28.5 Å². The maximum absolute atomic E-state index is 13.6. The number of nitrogens with one attached hydrogen (secondary N) is 1. The van der Waals surface area contributed by atoms with Crippen LogP contribution in [-0.4, -0.2) is 50.0 Å². The van der Waals surface area contributed by atoms with Gasteiger partial charge in [0.1, 0.15) is 12.6 Å². The van der Waals surface area contributed by atoms with E-state index in [-0.39, 0.29) is 18.5 Å². The third-order valence-electron chi connectivity index (χ3n) is 5.32. The molecule has 0 saturated heterocycles. The molecule has 0 aliphatic carbocycles. The molecule has 2 rings (SSSR count). The predicted molar refractivity (Wildman–Crippen MR) is 138 cm³/mol. The molecule has 0 unspecified atom stereocenters. The summed E-state index contributed by atoms with van der Waals surface area (Å²) >= 11 is 12.3. The summed E-state index contributed by atoms with van der Waals surface area (Å²) in [6, 6.07) is 9.27. The zero-order chi connectivity index (χ0) is 25.8. The summed E-state index contributed by atoms with van der Waals surface area (Å²) in [5.41, 5.74) is 2.47. The van der Waals surface area contributed by atoms with Gasteiger partial charge >= 0.3 is 0 Å². The first-order valence-corrected chi connectivity index (χ1v) is 13.4. The quantitative estimate of drug-likeness (QED) is 0.526. The topological polar surface area (TPSA) is 86.8 Å². The van der Waals surface area contributed by atoms with Crippen LogP contribution in [0, 0.1) is 13.8 Å². The van der Waals surface area contributed by atoms with E-state index in [1.165, 1.54) is 4.90 Å². The van der Waals surface area contributed by atoms with E-state index in [1.807, 2.05) is 19.9 Å². The van der Waals surface area contributed by atoms with Crippen LogP contribution in [0.15, 0.2) is 36.4 Å². The molecule has 0 aliphatic heterocycles. The molecule has 0 spiro atoms. The van der Waals surface area contributed by atoms with Gasteiger partial charge in [-0.3, -0.25) is 13.9 Å². The number of benzene rings is 2. The Bertz CT molecular complexity index is 1150. The molecule has 0 fully saturated rings. The van der Waals surface area contributed by atoms with E-state index in [0.717, 1.165) is 21.7 Å². The fourth-order valence-electron chi connectivity index (χ4n) is 3.60. The summed E-state index contributed by atoms with van der Waals surface area (Å²) in [7, 11) is -3.80. The Kier molecular flexibility index (Phi) is 9.39.